The number of rotatable bonds is 6. The first-order valence-corrected chi connectivity index (χ1v) is 7.98. The van der Waals surface area contributed by atoms with Crippen molar-refractivity contribution in [2.75, 3.05) is 0 Å². The second-order valence-electron chi connectivity index (χ2n) is 5.80. The second-order valence-corrected chi connectivity index (χ2v) is 5.80. The van der Waals surface area contributed by atoms with Crippen molar-refractivity contribution in [3.8, 4) is 5.69 Å². The van der Waals surface area contributed by atoms with Crippen molar-refractivity contribution in [3.05, 3.63) is 71.5 Å². The molecule has 2 aromatic carbocycles. The number of hydrogen-bond acceptors (Lipinski definition) is 5. The minimum atomic E-state index is -0.0343. The molecule has 0 saturated carbocycles. The van der Waals surface area contributed by atoms with Crippen LogP contribution in [0, 0.1) is 0 Å². The van der Waals surface area contributed by atoms with E-state index in [1.54, 1.807) is 4.68 Å². The van der Waals surface area contributed by atoms with Crippen molar-refractivity contribution in [1.82, 2.24) is 25.5 Å². The zero-order chi connectivity index (χ0) is 16.9. The van der Waals surface area contributed by atoms with Crippen LogP contribution in [0.2, 0.25) is 0 Å². The molecule has 0 amide bonds. The lowest BCUT2D eigenvalue weighted by Crippen LogP contribution is -2.25. The van der Waals surface area contributed by atoms with Gasteiger partial charge in [-0.05, 0) is 47.5 Å². The summed E-state index contributed by atoms with van der Waals surface area (Å²) in [5.74, 6) is 0.756. The first kappa shape index (κ1) is 16.3. The summed E-state index contributed by atoms with van der Waals surface area (Å²) < 4.78 is 1.74. The standard InChI is InChI=1S/C18H21N5O/c1-13(16-8-6-7-15(11-16)12-24)19-14(2)18-20-21-22-23(18)17-9-4-3-5-10-17/h3-11,13-14,19,24H,12H2,1-2H3. The van der Waals surface area contributed by atoms with Gasteiger partial charge in [0.05, 0.1) is 18.3 Å². The van der Waals surface area contributed by atoms with Gasteiger partial charge in [-0.3, -0.25) is 0 Å². The van der Waals surface area contributed by atoms with Crippen molar-refractivity contribution in [1.29, 1.82) is 0 Å². The molecule has 0 aliphatic heterocycles. The minimum absolute atomic E-state index is 0.0343. The lowest BCUT2D eigenvalue weighted by atomic mass is 10.0. The lowest BCUT2D eigenvalue weighted by molar-refractivity contribution is 0.281. The number of nitrogens with one attached hydrogen (secondary N) is 1. The quantitative estimate of drug-likeness (QED) is 0.729. The van der Waals surface area contributed by atoms with Crippen molar-refractivity contribution in [3.63, 3.8) is 0 Å². The predicted molar refractivity (Wildman–Crippen MR) is 91.5 cm³/mol. The summed E-state index contributed by atoms with van der Waals surface area (Å²) in [6, 6.07) is 17.8. The maximum absolute atomic E-state index is 9.29. The zero-order valence-corrected chi connectivity index (χ0v) is 13.8. The van der Waals surface area contributed by atoms with Gasteiger partial charge in [0.15, 0.2) is 5.82 Å². The molecule has 3 rings (SSSR count). The van der Waals surface area contributed by atoms with E-state index in [-0.39, 0.29) is 18.7 Å². The van der Waals surface area contributed by atoms with Gasteiger partial charge in [-0.25, -0.2) is 0 Å². The molecule has 3 aromatic rings. The topological polar surface area (TPSA) is 75.9 Å². The maximum Gasteiger partial charge on any atom is 0.173 e. The third-order valence-electron chi connectivity index (χ3n) is 4.02. The van der Waals surface area contributed by atoms with Gasteiger partial charge in [0.1, 0.15) is 0 Å². The molecule has 6 heteroatoms. The lowest BCUT2D eigenvalue weighted by Gasteiger charge is -2.20. The van der Waals surface area contributed by atoms with Crippen LogP contribution in [-0.4, -0.2) is 25.3 Å². The highest BCUT2D eigenvalue weighted by molar-refractivity contribution is 5.31. The number of tetrazole rings is 1. The fraction of sp³-hybridized carbons (Fsp3) is 0.278. The number of aromatic nitrogens is 4. The summed E-state index contributed by atoms with van der Waals surface area (Å²) >= 11 is 0. The van der Waals surface area contributed by atoms with E-state index in [0.717, 1.165) is 22.6 Å². The Bertz CT molecular complexity index is 787. The van der Waals surface area contributed by atoms with Crippen LogP contribution in [0.15, 0.2) is 54.6 Å². The van der Waals surface area contributed by atoms with Crippen LogP contribution in [0.5, 0.6) is 0 Å². The maximum atomic E-state index is 9.29. The van der Waals surface area contributed by atoms with Crippen LogP contribution in [0.3, 0.4) is 0 Å². The first-order chi connectivity index (χ1) is 11.7. The smallest absolute Gasteiger partial charge is 0.173 e. The summed E-state index contributed by atoms with van der Waals surface area (Å²) in [4.78, 5) is 0. The van der Waals surface area contributed by atoms with E-state index in [1.165, 1.54) is 0 Å². The second kappa shape index (κ2) is 7.33. The predicted octanol–water partition coefficient (Wildman–Crippen LogP) is 2.57. The number of benzene rings is 2. The number of aliphatic hydroxyl groups is 1. The molecular formula is C18H21N5O. The number of aliphatic hydroxyl groups excluding tert-OH is 1. The molecule has 0 spiro atoms. The highest BCUT2D eigenvalue weighted by Crippen LogP contribution is 2.20. The Morgan fingerprint density at radius 3 is 2.58 bits per heavy atom. The molecular weight excluding hydrogens is 302 g/mol. The van der Waals surface area contributed by atoms with Crippen LogP contribution >= 0.6 is 0 Å². The normalized spacial score (nSPS) is 13.6. The molecule has 24 heavy (non-hydrogen) atoms. The van der Waals surface area contributed by atoms with Crippen molar-refractivity contribution in [2.45, 2.75) is 32.5 Å². The Morgan fingerprint density at radius 2 is 1.83 bits per heavy atom. The molecule has 0 saturated heterocycles. The molecule has 0 fully saturated rings. The van der Waals surface area contributed by atoms with Gasteiger partial charge in [-0.15, -0.1) is 5.10 Å². The van der Waals surface area contributed by atoms with Gasteiger partial charge in [0.25, 0.3) is 0 Å². The average Bonchev–Trinajstić information content (AvgIpc) is 3.12. The van der Waals surface area contributed by atoms with E-state index in [4.69, 9.17) is 0 Å². The summed E-state index contributed by atoms with van der Waals surface area (Å²) in [5.41, 5.74) is 2.95. The van der Waals surface area contributed by atoms with Gasteiger partial charge >= 0.3 is 0 Å². The summed E-state index contributed by atoms with van der Waals surface area (Å²) in [5, 5.41) is 24.9. The molecule has 2 unspecified atom stereocenters. The van der Waals surface area contributed by atoms with Gasteiger partial charge in [0, 0.05) is 6.04 Å². The van der Waals surface area contributed by atoms with Gasteiger partial charge < -0.3 is 10.4 Å². The third-order valence-corrected chi connectivity index (χ3v) is 4.02. The summed E-state index contributed by atoms with van der Waals surface area (Å²) in [6.45, 7) is 4.17. The molecule has 124 valence electrons. The molecule has 1 heterocycles. The van der Waals surface area contributed by atoms with Crippen molar-refractivity contribution >= 4 is 0 Å². The van der Waals surface area contributed by atoms with Gasteiger partial charge in [-0.2, -0.15) is 4.68 Å². The van der Waals surface area contributed by atoms with E-state index in [2.05, 4.69) is 27.8 Å². The Kier molecular flexibility index (Phi) is 4.98. The summed E-state index contributed by atoms with van der Waals surface area (Å²) in [6.07, 6.45) is 0. The van der Waals surface area contributed by atoms with Crippen LogP contribution in [0.25, 0.3) is 5.69 Å². The highest BCUT2D eigenvalue weighted by atomic mass is 16.3. The number of nitrogens with zero attached hydrogens (tertiary/aromatic N) is 4. The number of hydrogen-bond donors (Lipinski definition) is 2. The largest absolute Gasteiger partial charge is 0.392 e. The molecule has 0 radical (unpaired) electrons. The van der Waals surface area contributed by atoms with Crippen molar-refractivity contribution < 1.29 is 5.11 Å². The van der Waals surface area contributed by atoms with E-state index in [9.17, 15) is 5.11 Å². The van der Waals surface area contributed by atoms with E-state index in [0.29, 0.717) is 0 Å². The molecule has 0 aliphatic carbocycles. The SMILES string of the molecule is CC(NC(C)c1nnnn1-c1ccccc1)c1cccc(CO)c1. The first-order valence-electron chi connectivity index (χ1n) is 7.98. The highest BCUT2D eigenvalue weighted by Gasteiger charge is 2.18. The summed E-state index contributed by atoms with van der Waals surface area (Å²) in [7, 11) is 0. The Morgan fingerprint density at radius 1 is 1.04 bits per heavy atom. The van der Waals surface area contributed by atoms with E-state index in [1.807, 2.05) is 61.5 Å². The molecule has 2 N–H and O–H groups in total. The Labute approximate surface area is 141 Å². The number of para-hydroxylation sites is 1. The van der Waals surface area contributed by atoms with Crippen molar-refractivity contribution in [2.24, 2.45) is 0 Å². The zero-order valence-electron chi connectivity index (χ0n) is 13.8. The fourth-order valence-corrected chi connectivity index (χ4v) is 2.72. The Balaban J connectivity index is 1.78. The van der Waals surface area contributed by atoms with Crippen LogP contribution in [0.1, 0.15) is 42.9 Å². The average molecular weight is 323 g/mol. The van der Waals surface area contributed by atoms with Crippen LogP contribution < -0.4 is 5.32 Å². The third kappa shape index (κ3) is 3.50. The Hall–Kier alpha value is -2.57. The van der Waals surface area contributed by atoms with E-state index < -0.39 is 0 Å². The van der Waals surface area contributed by atoms with Crippen LogP contribution in [0.4, 0.5) is 0 Å². The minimum Gasteiger partial charge on any atom is -0.392 e. The fourth-order valence-electron chi connectivity index (χ4n) is 2.72. The molecule has 0 bridgehead atoms. The van der Waals surface area contributed by atoms with Crippen LogP contribution in [-0.2, 0) is 6.61 Å². The molecule has 2 atom stereocenters. The molecule has 1 aromatic heterocycles. The molecule has 6 nitrogen and oxygen atoms in total. The van der Waals surface area contributed by atoms with E-state index >= 15 is 0 Å². The van der Waals surface area contributed by atoms with Gasteiger partial charge in [-0.1, -0.05) is 42.5 Å². The molecule has 0 aliphatic rings. The monoisotopic (exact) mass is 323 g/mol. The van der Waals surface area contributed by atoms with Gasteiger partial charge in [0.2, 0.25) is 0 Å².